The van der Waals surface area contributed by atoms with Gasteiger partial charge in [0.25, 0.3) is 0 Å². The Labute approximate surface area is 66.7 Å². The third-order valence-electron chi connectivity index (χ3n) is 2.46. The van der Waals surface area contributed by atoms with Gasteiger partial charge in [0, 0.05) is 12.4 Å². The van der Waals surface area contributed by atoms with E-state index in [0.717, 1.165) is 11.8 Å². The molecule has 0 aromatic carbocycles. The Hall–Kier alpha value is -0.920. The van der Waals surface area contributed by atoms with E-state index >= 15 is 0 Å². The molecule has 0 unspecified atom stereocenters. The highest BCUT2D eigenvalue weighted by Gasteiger charge is 2.36. The van der Waals surface area contributed by atoms with E-state index in [-0.39, 0.29) is 0 Å². The fourth-order valence-electron chi connectivity index (χ4n) is 1.61. The van der Waals surface area contributed by atoms with E-state index in [1.807, 2.05) is 12.4 Å². The first kappa shape index (κ1) is 6.77. The summed E-state index contributed by atoms with van der Waals surface area (Å²) in [7, 11) is 0. The molecular weight excluding hydrogens is 136 g/mol. The lowest BCUT2D eigenvalue weighted by molar-refractivity contribution is 0.762. The molecule has 0 aliphatic heterocycles. The summed E-state index contributed by atoms with van der Waals surface area (Å²) in [6.45, 7) is 2.24. The number of rotatable bonds is 2. The molecule has 0 N–H and O–H groups in total. The molecule has 2 heteroatoms. The van der Waals surface area contributed by atoms with Gasteiger partial charge in [-0.1, -0.05) is 13.3 Å². The maximum Gasteiger partial charge on any atom is 0.115 e. The second-order valence-corrected chi connectivity index (χ2v) is 3.18. The summed E-state index contributed by atoms with van der Waals surface area (Å²) < 4.78 is 0. The van der Waals surface area contributed by atoms with Crippen LogP contribution < -0.4 is 0 Å². The molecule has 0 spiro atoms. The van der Waals surface area contributed by atoms with Gasteiger partial charge in [-0.3, -0.25) is 0 Å². The molecule has 58 valence electrons. The van der Waals surface area contributed by atoms with Gasteiger partial charge >= 0.3 is 0 Å². The van der Waals surface area contributed by atoms with Crippen molar-refractivity contribution in [2.45, 2.75) is 25.7 Å². The smallest absolute Gasteiger partial charge is 0.115 e. The van der Waals surface area contributed by atoms with Crippen LogP contribution in [0.4, 0.5) is 0 Å². The molecule has 2 atom stereocenters. The van der Waals surface area contributed by atoms with E-state index in [9.17, 15) is 0 Å². The average Bonchev–Trinajstić information content (AvgIpc) is 2.85. The Morgan fingerprint density at radius 2 is 2.18 bits per heavy atom. The van der Waals surface area contributed by atoms with Gasteiger partial charge in [0.15, 0.2) is 0 Å². The molecule has 1 heterocycles. The van der Waals surface area contributed by atoms with Crippen LogP contribution in [0.2, 0.25) is 0 Å². The van der Waals surface area contributed by atoms with Crippen molar-refractivity contribution >= 4 is 0 Å². The number of hydrogen-bond donors (Lipinski definition) is 0. The van der Waals surface area contributed by atoms with Crippen molar-refractivity contribution < 1.29 is 0 Å². The van der Waals surface area contributed by atoms with Crippen molar-refractivity contribution in [3.8, 4) is 0 Å². The van der Waals surface area contributed by atoms with Gasteiger partial charge in [0.2, 0.25) is 0 Å². The third kappa shape index (κ3) is 1.25. The third-order valence-corrected chi connectivity index (χ3v) is 2.46. The van der Waals surface area contributed by atoms with Crippen LogP contribution in [0.3, 0.4) is 0 Å². The Morgan fingerprint density at radius 3 is 2.73 bits per heavy atom. The predicted octanol–water partition coefficient (Wildman–Crippen LogP) is 1.99. The predicted molar refractivity (Wildman–Crippen MR) is 43.2 cm³/mol. The van der Waals surface area contributed by atoms with E-state index in [0.29, 0.717) is 0 Å². The molecule has 1 aromatic rings. The van der Waals surface area contributed by atoms with Gasteiger partial charge in [-0.25, -0.2) is 9.97 Å². The monoisotopic (exact) mass is 148 g/mol. The van der Waals surface area contributed by atoms with Crippen molar-refractivity contribution in [3.63, 3.8) is 0 Å². The lowest BCUT2D eigenvalue weighted by Crippen LogP contribution is -1.85. The maximum atomic E-state index is 4.00. The molecule has 1 fully saturated rings. The van der Waals surface area contributed by atoms with Crippen LogP contribution in [-0.4, -0.2) is 9.97 Å². The molecule has 1 aliphatic rings. The van der Waals surface area contributed by atoms with Gasteiger partial charge in [0.05, 0.1) is 0 Å². The molecule has 1 aliphatic carbocycles. The highest BCUT2D eigenvalue weighted by molar-refractivity contribution is 5.18. The summed E-state index contributed by atoms with van der Waals surface area (Å²) in [5, 5.41) is 0. The van der Waals surface area contributed by atoms with E-state index in [1.54, 1.807) is 6.33 Å². The topological polar surface area (TPSA) is 25.8 Å². The number of nitrogens with zero attached hydrogens (tertiary/aromatic N) is 2. The van der Waals surface area contributed by atoms with E-state index in [1.165, 1.54) is 18.4 Å². The Bertz CT molecular complexity index is 233. The fourth-order valence-corrected chi connectivity index (χ4v) is 1.61. The summed E-state index contributed by atoms with van der Waals surface area (Å²) in [5.74, 6) is 1.67. The molecule has 0 saturated heterocycles. The van der Waals surface area contributed by atoms with Crippen LogP contribution in [0.5, 0.6) is 0 Å². The highest BCUT2D eigenvalue weighted by Crippen LogP contribution is 2.48. The quantitative estimate of drug-likeness (QED) is 0.641. The zero-order valence-electron chi connectivity index (χ0n) is 6.70. The molecule has 11 heavy (non-hydrogen) atoms. The minimum absolute atomic E-state index is 0.765. The summed E-state index contributed by atoms with van der Waals surface area (Å²) in [5.41, 5.74) is 1.32. The lowest BCUT2D eigenvalue weighted by Gasteiger charge is -1.94. The van der Waals surface area contributed by atoms with E-state index < -0.39 is 0 Å². The SMILES string of the molecule is CC[C@H]1C[C@@H]1c1cncnc1. The van der Waals surface area contributed by atoms with E-state index in [2.05, 4.69) is 16.9 Å². The van der Waals surface area contributed by atoms with Crippen molar-refractivity contribution in [2.24, 2.45) is 5.92 Å². The summed E-state index contributed by atoms with van der Waals surface area (Å²) in [6, 6.07) is 0. The number of aromatic nitrogens is 2. The van der Waals surface area contributed by atoms with Crippen LogP contribution in [-0.2, 0) is 0 Å². The molecule has 2 nitrogen and oxygen atoms in total. The molecule has 0 amide bonds. The normalized spacial score (nSPS) is 28.5. The first-order valence-corrected chi connectivity index (χ1v) is 4.16. The molecule has 1 saturated carbocycles. The fraction of sp³-hybridized carbons (Fsp3) is 0.556. The van der Waals surface area contributed by atoms with Gasteiger partial charge in [0.1, 0.15) is 6.33 Å². The Kier molecular flexibility index (Phi) is 1.60. The van der Waals surface area contributed by atoms with Crippen LogP contribution in [0.15, 0.2) is 18.7 Å². The first-order valence-electron chi connectivity index (χ1n) is 4.16. The molecule has 2 rings (SSSR count). The maximum absolute atomic E-state index is 4.00. The van der Waals surface area contributed by atoms with Crippen molar-refractivity contribution in [1.82, 2.24) is 9.97 Å². The molecule has 0 radical (unpaired) electrons. The van der Waals surface area contributed by atoms with Crippen LogP contribution in [0.25, 0.3) is 0 Å². The van der Waals surface area contributed by atoms with E-state index in [4.69, 9.17) is 0 Å². The Balaban J connectivity index is 2.09. The number of hydrogen-bond acceptors (Lipinski definition) is 2. The highest BCUT2D eigenvalue weighted by atomic mass is 14.8. The average molecular weight is 148 g/mol. The molecular formula is C9H12N2. The Morgan fingerprint density at radius 1 is 1.45 bits per heavy atom. The zero-order valence-corrected chi connectivity index (χ0v) is 6.70. The summed E-state index contributed by atoms with van der Waals surface area (Å²) in [4.78, 5) is 8.01. The van der Waals surface area contributed by atoms with Gasteiger partial charge < -0.3 is 0 Å². The minimum Gasteiger partial charge on any atom is -0.245 e. The van der Waals surface area contributed by atoms with Crippen LogP contribution >= 0.6 is 0 Å². The van der Waals surface area contributed by atoms with Gasteiger partial charge in [-0.2, -0.15) is 0 Å². The zero-order chi connectivity index (χ0) is 7.68. The van der Waals surface area contributed by atoms with Gasteiger partial charge in [-0.05, 0) is 23.8 Å². The largest absolute Gasteiger partial charge is 0.245 e. The minimum atomic E-state index is 0.765. The second-order valence-electron chi connectivity index (χ2n) is 3.18. The van der Waals surface area contributed by atoms with Crippen molar-refractivity contribution in [2.75, 3.05) is 0 Å². The molecule has 1 aromatic heterocycles. The first-order chi connectivity index (χ1) is 5.42. The van der Waals surface area contributed by atoms with Crippen molar-refractivity contribution in [3.05, 3.63) is 24.3 Å². The summed E-state index contributed by atoms with van der Waals surface area (Å²) in [6.07, 6.45) is 8.09. The standard InChI is InChI=1S/C9H12N2/c1-2-7-3-9(7)8-4-10-6-11-5-8/h4-7,9H,2-3H2,1H3/t7-,9-/m0/s1. The van der Waals surface area contributed by atoms with Gasteiger partial charge in [-0.15, -0.1) is 0 Å². The summed E-state index contributed by atoms with van der Waals surface area (Å²) >= 11 is 0. The van der Waals surface area contributed by atoms with Crippen LogP contribution in [0, 0.1) is 5.92 Å². The van der Waals surface area contributed by atoms with Crippen molar-refractivity contribution in [1.29, 1.82) is 0 Å². The lowest BCUT2D eigenvalue weighted by atomic mass is 10.2. The molecule has 0 bridgehead atoms. The van der Waals surface area contributed by atoms with Crippen LogP contribution in [0.1, 0.15) is 31.2 Å². The second kappa shape index (κ2) is 2.61.